The Labute approximate surface area is 70.8 Å². The summed E-state index contributed by atoms with van der Waals surface area (Å²) < 4.78 is 4.62. The molecule has 0 unspecified atom stereocenters. The van der Waals surface area contributed by atoms with Gasteiger partial charge in [-0.05, 0) is 13.8 Å². The second kappa shape index (κ2) is 5.35. The van der Waals surface area contributed by atoms with Gasteiger partial charge in [-0.3, -0.25) is 4.79 Å². The summed E-state index contributed by atoms with van der Waals surface area (Å²) in [4.78, 5) is 20.9. The molecule has 0 aliphatic rings. The van der Waals surface area contributed by atoms with Gasteiger partial charge in [-0.25, -0.2) is 4.79 Å². The maximum atomic E-state index is 10.8. The van der Waals surface area contributed by atoms with Crippen LogP contribution >= 0.6 is 0 Å². The Morgan fingerprint density at radius 2 is 2.08 bits per heavy atom. The minimum absolute atomic E-state index is 0.0418. The van der Waals surface area contributed by atoms with Crippen LogP contribution in [0.1, 0.15) is 20.3 Å². The van der Waals surface area contributed by atoms with Gasteiger partial charge in [-0.1, -0.05) is 5.57 Å². The van der Waals surface area contributed by atoms with Crippen LogP contribution in [-0.4, -0.2) is 23.7 Å². The third-order valence-corrected chi connectivity index (χ3v) is 1.10. The standard InChI is InChI=1S/C8H12O4/c1-3-12-8(11)5-6(2)4-7(9)10/h4H,3,5H2,1-2H3,(H,9,10)/b6-4-. The van der Waals surface area contributed by atoms with Gasteiger partial charge in [-0.15, -0.1) is 0 Å². The molecule has 0 heterocycles. The zero-order valence-corrected chi connectivity index (χ0v) is 7.16. The number of aliphatic carboxylic acids is 1. The third-order valence-electron chi connectivity index (χ3n) is 1.10. The number of carboxylic acids is 1. The molecule has 0 aromatic rings. The van der Waals surface area contributed by atoms with Crippen molar-refractivity contribution in [3.05, 3.63) is 11.6 Å². The van der Waals surface area contributed by atoms with Gasteiger partial charge in [0.25, 0.3) is 0 Å². The zero-order valence-electron chi connectivity index (χ0n) is 7.16. The topological polar surface area (TPSA) is 63.6 Å². The first-order chi connectivity index (χ1) is 5.56. The molecule has 0 spiro atoms. The highest BCUT2D eigenvalue weighted by atomic mass is 16.5. The van der Waals surface area contributed by atoms with E-state index in [9.17, 15) is 9.59 Å². The number of carbonyl (C=O) groups is 2. The van der Waals surface area contributed by atoms with Gasteiger partial charge < -0.3 is 9.84 Å². The molecule has 1 N–H and O–H groups in total. The highest BCUT2D eigenvalue weighted by molar-refractivity contribution is 5.82. The van der Waals surface area contributed by atoms with E-state index < -0.39 is 11.9 Å². The Kier molecular flexibility index (Phi) is 4.76. The predicted octanol–water partition coefficient (Wildman–Crippen LogP) is 0.970. The van der Waals surface area contributed by atoms with E-state index >= 15 is 0 Å². The molecule has 0 aromatic carbocycles. The molecular weight excluding hydrogens is 160 g/mol. The molecule has 0 radical (unpaired) electrons. The lowest BCUT2D eigenvalue weighted by Crippen LogP contribution is -2.04. The van der Waals surface area contributed by atoms with Crippen LogP contribution in [0.3, 0.4) is 0 Å². The van der Waals surface area contributed by atoms with Gasteiger partial charge in [0.2, 0.25) is 0 Å². The van der Waals surface area contributed by atoms with Gasteiger partial charge in [0.15, 0.2) is 0 Å². The molecule has 0 atom stereocenters. The first-order valence-corrected chi connectivity index (χ1v) is 3.62. The van der Waals surface area contributed by atoms with Crippen molar-refractivity contribution in [1.82, 2.24) is 0 Å². The van der Waals surface area contributed by atoms with Gasteiger partial charge in [0, 0.05) is 6.08 Å². The number of esters is 1. The van der Waals surface area contributed by atoms with Gasteiger partial charge in [-0.2, -0.15) is 0 Å². The average molecular weight is 172 g/mol. The fraction of sp³-hybridized carbons (Fsp3) is 0.500. The lowest BCUT2D eigenvalue weighted by Gasteiger charge is -2.00. The van der Waals surface area contributed by atoms with Crippen molar-refractivity contribution in [3.63, 3.8) is 0 Å². The van der Waals surface area contributed by atoms with E-state index in [1.165, 1.54) is 0 Å². The highest BCUT2D eigenvalue weighted by Crippen LogP contribution is 2.00. The fourth-order valence-corrected chi connectivity index (χ4v) is 0.702. The van der Waals surface area contributed by atoms with Crippen LogP contribution in [0.5, 0.6) is 0 Å². The molecule has 0 saturated carbocycles. The summed E-state index contributed by atoms with van der Waals surface area (Å²) in [6.45, 7) is 3.60. The maximum absolute atomic E-state index is 10.8. The number of hydrogen-bond acceptors (Lipinski definition) is 3. The quantitative estimate of drug-likeness (QED) is 0.507. The summed E-state index contributed by atoms with van der Waals surface area (Å²) in [5.74, 6) is -1.44. The summed E-state index contributed by atoms with van der Waals surface area (Å²) in [5.41, 5.74) is 0.487. The van der Waals surface area contributed by atoms with Crippen molar-refractivity contribution in [2.45, 2.75) is 20.3 Å². The van der Waals surface area contributed by atoms with Crippen molar-refractivity contribution in [2.75, 3.05) is 6.61 Å². The van der Waals surface area contributed by atoms with Gasteiger partial charge in [0.1, 0.15) is 0 Å². The van der Waals surface area contributed by atoms with Crippen molar-refractivity contribution in [3.8, 4) is 0 Å². The first kappa shape index (κ1) is 10.7. The normalized spacial score (nSPS) is 11.0. The van der Waals surface area contributed by atoms with E-state index in [-0.39, 0.29) is 6.42 Å². The van der Waals surface area contributed by atoms with E-state index in [4.69, 9.17) is 5.11 Å². The van der Waals surface area contributed by atoms with E-state index in [0.29, 0.717) is 12.2 Å². The number of ether oxygens (including phenoxy) is 1. The number of hydrogen-bond donors (Lipinski definition) is 1. The summed E-state index contributed by atoms with van der Waals surface area (Å²) >= 11 is 0. The Balaban J connectivity index is 3.91. The minimum atomic E-state index is -1.04. The van der Waals surface area contributed by atoms with E-state index in [1.807, 2.05) is 0 Å². The van der Waals surface area contributed by atoms with E-state index in [1.54, 1.807) is 13.8 Å². The molecule has 12 heavy (non-hydrogen) atoms. The summed E-state index contributed by atoms with van der Waals surface area (Å²) in [7, 11) is 0. The minimum Gasteiger partial charge on any atom is -0.478 e. The average Bonchev–Trinajstić information content (AvgIpc) is 1.84. The van der Waals surface area contributed by atoms with Crippen LogP contribution in [0.4, 0.5) is 0 Å². The van der Waals surface area contributed by atoms with Gasteiger partial charge >= 0.3 is 11.9 Å². The summed E-state index contributed by atoms with van der Waals surface area (Å²) in [6, 6.07) is 0. The molecule has 0 fully saturated rings. The van der Waals surface area contributed by atoms with Crippen LogP contribution in [0.15, 0.2) is 11.6 Å². The Bertz CT molecular complexity index is 205. The van der Waals surface area contributed by atoms with E-state index in [2.05, 4.69) is 4.74 Å². The molecule has 0 rings (SSSR count). The second-order valence-corrected chi connectivity index (χ2v) is 2.31. The maximum Gasteiger partial charge on any atom is 0.328 e. The third kappa shape index (κ3) is 5.46. The predicted molar refractivity (Wildman–Crippen MR) is 42.6 cm³/mol. The lowest BCUT2D eigenvalue weighted by atomic mass is 10.2. The molecule has 0 aliphatic carbocycles. The number of rotatable bonds is 4. The van der Waals surface area contributed by atoms with Crippen molar-refractivity contribution in [2.24, 2.45) is 0 Å². The zero-order chi connectivity index (χ0) is 9.56. The largest absolute Gasteiger partial charge is 0.478 e. The molecule has 0 aliphatic heterocycles. The molecule has 4 nitrogen and oxygen atoms in total. The first-order valence-electron chi connectivity index (χ1n) is 3.62. The molecule has 0 amide bonds. The fourth-order valence-electron chi connectivity index (χ4n) is 0.702. The number of carboxylic acid groups (broad SMARTS) is 1. The molecule has 0 bridgehead atoms. The van der Waals surface area contributed by atoms with E-state index in [0.717, 1.165) is 6.08 Å². The Morgan fingerprint density at radius 3 is 2.50 bits per heavy atom. The summed E-state index contributed by atoms with van der Waals surface area (Å²) in [5, 5.41) is 8.30. The molecule has 0 saturated heterocycles. The van der Waals surface area contributed by atoms with Crippen LogP contribution in [0, 0.1) is 0 Å². The second-order valence-electron chi connectivity index (χ2n) is 2.31. The van der Waals surface area contributed by atoms with Crippen LogP contribution in [0.25, 0.3) is 0 Å². The van der Waals surface area contributed by atoms with Crippen molar-refractivity contribution in [1.29, 1.82) is 0 Å². The van der Waals surface area contributed by atoms with Crippen molar-refractivity contribution < 1.29 is 19.4 Å². The van der Waals surface area contributed by atoms with Gasteiger partial charge in [0.05, 0.1) is 13.0 Å². The van der Waals surface area contributed by atoms with Crippen LogP contribution in [0.2, 0.25) is 0 Å². The molecule has 68 valence electrons. The van der Waals surface area contributed by atoms with Crippen molar-refractivity contribution >= 4 is 11.9 Å². The molecular formula is C8H12O4. The van der Waals surface area contributed by atoms with Crippen LogP contribution in [-0.2, 0) is 14.3 Å². The SMILES string of the molecule is CCOC(=O)C/C(C)=C\C(=O)O. The molecule has 0 aromatic heterocycles. The Morgan fingerprint density at radius 1 is 1.50 bits per heavy atom. The number of carbonyl (C=O) groups excluding carboxylic acids is 1. The van der Waals surface area contributed by atoms with Crippen LogP contribution < -0.4 is 0 Å². The summed E-state index contributed by atoms with van der Waals surface area (Å²) in [6.07, 6.45) is 1.04. The monoisotopic (exact) mass is 172 g/mol. The highest BCUT2D eigenvalue weighted by Gasteiger charge is 2.03. The lowest BCUT2D eigenvalue weighted by molar-refractivity contribution is -0.142. The Hall–Kier alpha value is -1.32. The smallest absolute Gasteiger partial charge is 0.328 e. The molecule has 4 heteroatoms.